The molecule has 0 amide bonds. The topological polar surface area (TPSA) is 78.8 Å². The van der Waals surface area contributed by atoms with E-state index in [1.165, 1.54) is 17.3 Å². The quantitative estimate of drug-likeness (QED) is 0.380. The van der Waals surface area contributed by atoms with Gasteiger partial charge in [0.05, 0.1) is 12.3 Å². The number of H-pyrrole nitrogens is 1. The van der Waals surface area contributed by atoms with Crippen LogP contribution in [-0.4, -0.2) is 22.3 Å². The van der Waals surface area contributed by atoms with E-state index < -0.39 is 5.56 Å². The Bertz CT molecular complexity index is 993. The van der Waals surface area contributed by atoms with Crippen LogP contribution in [0.2, 0.25) is 0 Å². The minimum atomic E-state index is -0.412. The first-order valence-corrected chi connectivity index (χ1v) is 9.58. The van der Waals surface area contributed by atoms with Gasteiger partial charge in [0.15, 0.2) is 5.16 Å². The number of hydrogen-bond donors (Lipinski definition) is 1. The summed E-state index contributed by atoms with van der Waals surface area (Å²) < 4.78 is 5.70. The molecule has 3 rings (SSSR count). The summed E-state index contributed by atoms with van der Waals surface area (Å²) >= 11 is 1.44. The summed E-state index contributed by atoms with van der Waals surface area (Å²) in [5.74, 6) is 1.59. The van der Waals surface area contributed by atoms with Crippen molar-refractivity contribution in [2.24, 2.45) is 0 Å². The fourth-order valence-corrected chi connectivity index (χ4v) is 3.26. The molecule has 0 unspecified atom stereocenters. The molecular weight excluding hydrogens is 358 g/mol. The fraction of sp³-hybridized carbons (Fsp3) is 0.190. The molecule has 0 aliphatic rings. The Labute approximate surface area is 162 Å². The summed E-state index contributed by atoms with van der Waals surface area (Å²) in [6.07, 6.45) is 0.808. The first kappa shape index (κ1) is 18.7. The highest BCUT2D eigenvalue weighted by molar-refractivity contribution is 7.99. The predicted octanol–water partition coefficient (Wildman–Crippen LogP) is 4.18. The third kappa shape index (κ3) is 4.99. The van der Waals surface area contributed by atoms with Crippen LogP contribution >= 0.6 is 11.8 Å². The van der Waals surface area contributed by atoms with Gasteiger partial charge in [-0.2, -0.15) is 5.26 Å². The van der Waals surface area contributed by atoms with Gasteiger partial charge in [0.25, 0.3) is 5.56 Å². The number of nitrogens with zero attached hydrogens (tertiary/aromatic N) is 2. The van der Waals surface area contributed by atoms with Crippen molar-refractivity contribution in [1.29, 1.82) is 5.26 Å². The van der Waals surface area contributed by atoms with E-state index in [4.69, 9.17) is 4.74 Å². The smallest absolute Gasteiger partial charge is 0.270 e. The van der Waals surface area contributed by atoms with Gasteiger partial charge < -0.3 is 9.72 Å². The van der Waals surface area contributed by atoms with E-state index in [0.29, 0.717) is 17.5 Å². The van der Waals surface area contributed by atoms with Gasteiger partial charge in [-0.15, -0.1) is 0 Å². The summed E-state index contributed by atoms with van der Waals surface area (Å²) in [5.41, 5.74) is 1.99. The molecule has 0 fully saturated rings. The van der Waals surface area contributed by atoms with Crippen molar-refractivity contribution in [2.75, 3.05) is 12.4 Å². The number of hydrogen-bond acceptors (Lipinski definition) is 5. The van der Waals surface area contributed by atoms with Crippen molar-refractivity contribution in [1.82, 2.24) is 9.97 Å². The molecule has 0 radical (unpaired) electrons. The van der Waals surface area contributed by atoms with Gasteiger partial charge in [-0.1, -0.05) is 59.8 Å². The second kappa shape index (κ2) is 9.06. The lowest BCUT2D eigenvalue weighted by molar-refractivity contribution is 0.318. The minimum Gasteiger partial charge on any atom is -0.494 e. The van der Waals surface area contributed by atoms with Crippen molar-refractivity contribution in [3.63, 3.8) is 0 Å². The van der Waals surface area contributed by atoms with E-state index >= 15 is 0 Å². The lowest BCUT2D eigenvalue weighted by Crippen LogP contribution is -2.15. The highest BCUT2D eigenvalue weighted by atomic mass is 32.2. The Morgan fingerprint density at radius 2 is 1.89 bits per heavy atom. The minimum absolute atomic E-state index is 0.0354. The first-order valence-electron chi connectivity index (χ1n) is 8.59. The Hall–Kier alpha value is -3.04. The van der Waals surface area contributed by atoms with Crippen LogP contribution in [0.1, 0.15) is 17.5 Å². The van der Waals surface area contributed by atoms with Crippen molar-refractivity contribution < 1.29 is 4.74 Å². The van der Waals surface area contributed by atoms with E-state index in [2.05, 4.69) is 9.97 Å². The molecule has 0 saturated heterocycles. The van der Waals surface area contributed by atoms with Gasteiger partial charge in [-0.25, -0.2) is 4.98 Å². The molecule has 0 aliphatic carbocycles. The van der Waals surface area contributed by atoms with E-state index in [-0.39, 0.29) is 5.56 Å². The van der Waals surface area contributed by atoms with Crippen molar-refractivity contribution >= 4 is 11.8 Å². The van der Waals surface area contributed by atoms with E-state index in [9.17, 15) is 10.1 Å². The number of nitrogens with one attached hydrogen (secondary N) is 1. The summed E-state index contributed by atoms with van der Waals surface area (Å²) in [6, 6.07) is 19.2. The Morgan fingerprint density at radius 3 is 2.59 bits per heavy atom. The number of aromatic amines is 1. The van der Waals surface area contributed by atoms with E-state index in [1.807, 2.05) is 67.6 Å². The summed E-state index contributed by atoms with van der Waals surface area (Å²) in [6.45, 7) is 2.62. The first-order chi connectivity index (χ1) is 13.2. The summed E-state index contributed by atoms with van der Waals surface area (Å²) in [5, 5.41) is 9.80. The molecule has 0 bridgehead atoms. The van der Waals surface area contributed by atoms with Gasteiger partial charge in [0, 0.05) is 11.3 Å². The second-order valence-electron chi connectivity index (χ2n) is 5.94. The average Bonchev–Trinajstić information content (AvgIpc) is 2.69. The lowest BCUT2D eigenvalue weighted by atomic mass is 10.1. The standard InChI is InChI=1S/C21H19N3O2S/c1-15-8-10-17(11-9-15)26-12-5-13-27-21-23-19(16-6-3-2-4-7-16)18(14-22)20(25)24-21/h2-4,6-11H,5,12-13H2,1H3,(H,23,24,25). The number of aromatic nitrogens is 2. The number of aryl methyl sites for hydroxylation is 1. The molecule has 0 aliphatic heterocycles. The van der Waals surface area contributed by atoms with Crippen LogP contribution in [0.15, 0.2) is 64.5 Å². The number of thioether (sulfide) groups is 1. The molecule has 5 nitrogen and oxygen atoms in total. The maximum absolute atomic E-state index is 12.2. The zero-order valence-electron chi connectivity index (χ0n) is 14.9. The van der Waals surface area contributed by atoms with Gasteiger partial charge in [-0.05, 0) is 25.5 Å². The molecule has 0 spiro atoms. The van der Waals surface area contributed by atoms with Crippen LogP contribution in [0, 0.1) is 18.3 Å². The molecule has 1 N–H and O–H groups in total. The zero-order chi connectivity index (χ0) is 19.1. The Kier molecular flexibility index (Phi) is 6.29. The van der Waals surface area contributed by atoms with Gasteiger partial charge in [-0.3, -0.25) is 4.79 Å². The van der Waals surface area contributed by atoms with Crippen LogP contribution in [-0.2, 0) is 0 Å². The maximum Gasteiger partial charge on any atom is 0.270 e. The summed E-state index contributed by atoms with van der Waals surface area (Å²) in [4.78, 5) is 19.4. The van der Waals surface area contributed by atoms with Crippen LogP contribution in [0.3, 0.4) is 0 Å². The van der Waals surface area contributed by atoms with Crippen molar-refractivity contribution in [3.8, 4) is 23.1 Å². The zero-order valence-corrected chi connectivity index (χ0v) is 15.8. The SMILES string of the molecule is Cc1ccc(OCCCSc2nc(-c3ccccc3)c(C#N)c(=O)[nH]2)cc1. The van der Waals surface area contributed by atoms with Gasteiger partial charge >= 0.3 is 0 Å². The molecule has 0 saturated carbocycles. The van der Waals surface area contributed by atoms with Crippen LogP contribution in [0.25, 0.3) is 11.3 Å². The molecule has 3 aromatic rings. The van der Waals surface area contributed by atoms with Crippen molar-refractivity contribution in [2.45, 2.75) is 18.5 Å². The molecular formula is C21H19N3O2S. The monoisotopic (exact) mass is 377 g/mol. The van der Waals surface area contributed by atoms with Crippen LogP contribution in [0.4, 0.5) is 0 Å². The molecule has 6 heteroatoms. The molecule has 27 heavy (non-hydrogen) atoms. The van der Waals surface area contributed by atoms with Crippen LogP contribution in [0.5, 0.6) is 5.75 Å². The molecule has 2 aromatic carbocycles. The number of nitriles is 1. The van der Waals surface area contributed by atoms with Crippen molar-refractivity contribution in [3.05, 3.63) is 76.1 Å². The number of ether oxygens (including phenoxy) is 1. The normalized spacial score (nSPS) is 10.4. The molecule has 1 aromatic heterocycles. The largest absolute Gasteiger partial charge is 0.494 e. The van der Waals surface area contributed by atoms with Crippen LogP contribution < -0.4 is 10.3 Å². The third-order valence-corrected chi connectivity index (χ3v) is 4.83. The number of rotatable bonds is 7. The molecule has 136 valence electrons. The Balaban J connectivity index is 1.62. The highest BCUT2D eigenvalue weighted by Crippen LogP contribution is 2.22. The fourth-order valence-electron chi connectivity index (χ4n) is 2.48. The lowest BCUT2D eigenvalue weighted by Gasteiger charge is -2.08. The average molecular weight is 377 g/mol. The molecule has 1 heterocycles. The second-order valence-corrected chi connectivity index (χ2v) is 7.02. The van der Waals surface area contributed by atoms with Gasteiger partial charge in [0.1, 0.15) is 17.4 Å². The summed E-state index contributed by atoms with van der Waals surface area (Å²) in [7, 11) is 0. The van der Waals surface area contributed by atoms with E-state index in [0.717, 1.165) is 23.5 Å². The van der Waals surface area contributed by atoms with E-state index in [1.54, 1.807) is 0 Å². The van der Waals surface area contributed by atoms with Gasteiger partial charge in [0.2, 0.25) is 0 Å². The maximum atomic E-state index is 12.2. The predicted molar refractivity (Wildman–Crippen MR) is 107 cm³/mol. The third-order valence-electron chi connectivity index (χ3n) is 3.87. The Morgan fingerprint density at radius 1 is 1.15 bits per heavy atom. The highest BCUT2D eigenvalue weighted by Gasteiger charge is 2.13. The number of benzene rings is 2. The molecule has 0 atom stereocenters.